The van der Waals surface area contributed by atoms with Gasteiger partial charge in [-0.2, -0.15) is 0 Å². The average molecular weight is 350 g/mol. The van der Waals surface area contributed by atoms with Gasteiger partial charge in [0.25, 0.3) is 0 Å². The first-order valence-corrected chi connectivity index (χ1v) is 8.66. The standard InChI is InChI=1S/C17H23FN4O3/c18-13-4-3-6-19-16(13)21-10-8-20(9-11-21)14-5-1-2-7-22(17(14)25)12-15(23)24/h3-4,6,14H,1-2,5,7-12H2,(H,23,24). The van der Waals surface area contributed by atoms with Crippen molar-refractivity contribution in [3.63, 3.8) is 0 Å². The van der Waals surface area contributed by atoms with Crippen LogP contribution in [0.5, 0.6) is 0 Å². The first-order chi connectivity index (χ1) is 12.1. The molecule has 1 aromatic rings. The van der Waals surface area contributed by atoms with Crippen molar-refractivity contribution in [3.05, 3.63) is 24.1 Å². The lowest BCUT2D eigenvalue weighted by atomic mass is 10.1. The quantitative estimate of drug-likeness (QED) is 0.866. The second kappa shape index (κ2) is 7.77. The number of rotatable bonds is 4. The molecule has 1 aromatic heterocycles. The minimum Gasteiger partial charge on any atom is -0.480 e. The summed E-state index contributed by atoms with van der Waals surface area (Å²) in [5.74, 6) is -1.07. The fourth-order valence-corrected chi connectivity index (χ4v) is 3.60. The highest BCUT2D eigenvalue weighted by Crippen LogP contribution is 2.22. The number of nitrogens with zero attached hydrogens (tertiary/aromatic N) is 4. The van der Waals surface area contributed by atoms with E-state index in [4.69, 9.17) is 5.11 Å². The molecule has 0 aliphatic carbocycles. The monoisotopic (exact) mass is 350 g/mol. The third-order valence-electron chi connectivity index (χ3n) is 4.87. The zero-order chi connectivity index (χ0) is 17.8. The summed E-state index contributed by atoms with van der Waals surface area (Å²) in [6, 6.07) is 2.68. The number of aromatic nitrogens is 1. The molecule has 3 heterocycles. The summed E-state index contributed by atoms with van der Waals surface area (Å²) >= 11 is 0. The molecule has 136 valence electrons. The van der Waals surface area contributed by atoms with Gasteiger partial charge in [-0.05, 0) is 31.4 Å². The van der Waals surface area contributed by atoms with E-state index in [2.05, 4.69) is 9.88 Å². The molecule has 3 rings (SSSR count). The van der Waals surface area contributed by atoms with Gasteiger partial charge in [0.2, 0.25) is 5.91 Å². The molecule has 1 unspecified atom stereocenters. The normalized spacial score (nSPS) is 22.8. The predicted molar refractivity (Wildman–Crippen MR) is 89.8 cm³/mol. The number of carbonyl (C=O) groups is 2. The highest BCUT2D eigenvalue weighted by atomic mass is 19.1. The minimum atomic E-state index is -0.982. The molecule has 2 aliphatic heterocycles. The summed E-state index contributed by atoms with van der Waals surface area (Å²) in [7, 11) is 0. The summed E-state index contributed by atoms with van der Waals surface area (Å²) in [5, 5.41) is 9.00. The van der Waals surface area contributed by atoms with Crippen LogP contribution >= 0.6 is 0 Å². The minimum absolute atomic E-state index is 0.0997. The molecular weight excluding hydrogens is 327 g/mol. The van der Waals surface area contributed by atoms with E-state index < -0.39 is 5.97 Å². The Balaban J connectivity index is 1.64. The van der Waals surface area contributed by atoms with E-state index in [9.17, 15) is 14.0 Å². The van der Waals surface area contributed by atoms with E-state index in [0.717, 1.165) is 19.3 Å². The SMILES string of the molecule is O=C(O)CN1CCCCC(N2CCN(c3ncccc3F)CC2)C1=O. The molecule has 7 nitrogen and oxygen atoms in total. The summed E-state index contributed by atoms with van der Waals surface area (Å²) in [4.78, 5) is 33.2. The Kier molecular flexibility index (Phi) is 5.47. The third-order valence-corrected chi connectivity index (χ3v) is 4.87. The van der Waals surface area contributed by atoms with Crippen LogP contribution in [0.4, 0.5) is 10.2 Å². The molecule has 1 atom stereocenters. The van der Waals surface area contributed by atoms with Crippen LogP contribution in [0, 0.1) is 5.82 Å². The Bertz CT molecular complexity index is 634. The molecular formula is C17H23FN4O3. The number of hydrogen-bond donors (Lipinski definition) is 1. The van der Waals surface area contributed by atoms with Gasteiger partial charge in [-0.15, -0.1) is 0 Å². The Hall–Kier alpha value is -2.22. The number of carboxylic acids is 1. The summed E-state index contributed by atoms with van der Waals surface area (Å²) in [6.45, 7) is 2.71. The fourth-order valence-electron chi connectivity index (χ4n) is 3.60. The van der Waals surface area contributed by atoms with Gasteiger partial charge in [-0.1, -0.05) is 0 Å². The van der Waals surface area contributed by atoms with Gasteiger partial charge < -0.3 is 14.9 Å². The Morgan fingerprint density at radius 3 is 2.68 bits per heavy atom. The van der Waals surface area contributed by atoms with Crippen LogP contribution in [0.2, 0.25) is 0 Å². The van der Waals surface area contributed by atoms with Gasteiger partial charge in [-0.3, -0.25) is 14.5 Å². The summed E-state index contributed by atoms with van der Waals surface area (Å²) in [6.07, 6.45) is 4.05. The number of carbonyl (C=O) groups excluding carboxylic acids is 1. The number of amides is 1. The zero-order valence-electron chi connectivity index (χ0n) is 14.1. The molecule has 2 aliphatic rings. The largest absolute Gasteiger partial charge is 0.480 e. The Morgan fingerprint density at radius 1 is 1.24 bits per heavy atom. The van der Waals surface area contributed by atoms with Gasteiger partial charge >= 0.3 is 5.97 Å². The van der Waals surface area contributed by atoms with E-state index in [1.165, 1.54) is 11.0 Å². The number of likely N-dealkylation sites (tertiary alicyclic amines) is 1. The van der Waals surface area contributed by atoms with Crippen LogP contribution in [-0.4, -0.2) is 77.1 Å². The molecule has 2 fully saturated rings. The first kappa shape index (κ1) is 17.6. The van der Waals surface area contributed by atoms with E-state index >= 15 is 0 Å². The van der Waals surface area contributed by atoms with Crippen molar-refractivity contribution in [1.29, 1.82) is 0 Å². The molecule has 0 aromatic carbocycles. The van der Waals surface area contributed by atoms with Crippen molar-refractivity contribution < 1.29 is 19.1 Å². The van der Waals surface area contributed by atoms with Crippen LogP contribution in [0.1, 0.15) is 19.3 Å². The molecule has 0 radical (unpaired) electrons. The van der Waals surface area contributed by atoms with Crippen molar-refractivity contribution in [3.8, 4) is 0 Å². The molecule has 1 amide bonds. The Morgan fingerprint density at radius 2 is 2.00 bits per heavy atom. The van der Waals surface area contributed by atoms with Crippen molar-refractivity contribution >= 4 is 17.7 Å². The number of halogens is 1. The van der Waals surface area contributed by atoms with Gasteiger partial charge in [0.15, 0.2) is 11.6 Å². The van der Waals surface area contributed by atoms with Crippen molar-refractivity contribution in [2.45, 2.75) is 25.3 Å². The van der Waals surface area contributed by atoms with E-state index in [0.29, 0.717) is 38.5 Å². The summed E-state index contributed by atoms with van der Waals surface area (Å²) in [5.41, 5.74) is 0. The molecule has 25 heavy (non-hydrogen) atoms. The Labute approximate surface area is 146 Å². The topological polar surface area (TPSA) is 77.0 Å². The molecule has 0 spiro atoms. The van der Waals surface area contributed by atoms with Gasteiger partial charge in [-0.25, -0.2) is 9.37 Å². The van der Waals surface area contributed by atoms with Crippen molar-refractivity contribution in [1.82, 2.24) is 14.8 Å². The lowest BCUT2D eigenvalue weighted by molar-refractivity contribution is -0.146. The number of anilines is 1. The first-order valence-electron chi connectivity index (χ1n) is 8.66. The molecule has 1 N–H and O–H groups in total. The van der Waals surface area contributed by atoms with Crippen molar-refractivity contribution in [2.24, 2.45) is 0 Å². The highest BCUT2D eigenvalue weighted by molar-refractivity contribution is 5.85. The van der Waals surface area contributed by atoms with Crippen LogP contribution in [0.3, 0.4) is 0 Å². The average Bonchev–Trinajstić information content (AvgIpc) is 2.77. The van der Waals surface area contributed by atoms with Crippen LogP contribution in [-0.2, 0) is 9.59 Å². The van der Waals surface area contributed by atoms with Gasteiger partial charge in [0.1, 0.15) is 6.54 Å². The maximum absolute atomic E-state index is 13.9. The third kappa shape index (κ3) is 4.07. The lowest BCUT2D eigenvalue weighted by Gasteiger charge is -2.39. The van der Waals surface area contributed by atoms with Gasteiger partial charge in [0.05, 0.1) is 6.04 Å². The van der Waals surface area contributed by atoms with Crippen molar-refractivity contribution in [2.75, 3.05) is 44.2 Å². The molecule has 8 heteroatoms. The number of piperazine rings is 1. The van der Waals surface area contributed by atoms with Crippen LogP contribution < -0.4 is 4.90 Å². The zero-order valence-corrected chi connectivity index (χ0v) is 14.1. The maximum atomic E-state index is 13.9. The smallest absolute Gasteiger partial charge is 0.323 e. The number of pyridine rings is 1. The van der Waals surface area contributed by atoms with Gasteiger partial charge in [0, 0.05) is 38.9 Å². The second-order valence-electron chi connectivity index (χ2n) is 6.50. The number of carboxylic acid groups (broad SMARTS) is 1. The van der Waals surface area contributed by atoms with E-state index in [-0.39, 0.29) is 24.3 Å². The van der Waals surface area contributed by atoms with E-state index in [1.54, 1.807) is 12.3 Å². The lowest BCUT2D eigenvalue weighted by Crippen LogP contribution is -2.55. The number of hydrogen-bond acceptors (Lipinski definition) is 5. The second-order valence-corrected chi connectivity index (χ2v) is 6.50. The van der Waals surface area contributed by atoms with Crippen LogP contribution in [0.15, 0.2) is 18.3 Å². The predicted octanol–water partition coefficient (Wildman–Crippen LogP) is 0.808. The summed E-state index contributed by atoms with van der Waals surface area (Å²) < 4.78 is 13.9. The van der Waals surface area contributed by atoms with E-state index in [1.807, 2.05) is 4.90 Å². The molecule has 0 bridgehead atoms. The van der Waals surface area contributed by atoms with Crippen LogP contribution in [0.25, 0.3) is 0 Å². The maximum Gasteiger partial charge on any atom is 0.323 e. The molecule has 2 saturated heterocycles. The molecule has 0 saturated carbocycles. The number of aliphatic carboxylic acids is 1. The highest BCUT2D eigenvalue weighted by Gasteiger charge is 2.34. The fraction of sp³-hybridized carbons (Fsp3) is 0.588.